The molecule has 2 aromatic carbocycles. The first-order valence-electron chi connectivity index (χ1n) is 11.4. The lowest BCUT2D eigenvalue weighted by atomic mass is 9.83. The van der Waals surface area contributed by atoms with Crippen LogP contribution >= 0.6 is 0 Å². The fourth-order valence-electron chi connectivity index (χ4n) is 4.27. The van der Waals surface area contributed by atoms with Crippen LogP contribution in [0.15, 0.2) is 59.7 Å². The third-order valence-corrected chi connectivity index (χ3v) is 6.73. The number of nitrogens with two attached hydrogens (primary N) is 2. The maximum atomic E-state index is 11.1. The van der Waals surface area contributed by atoms with Gasteiger partial charge in [-0.05, 0) is 42.8 Å². The van der Waals surface area contributed by atoms with E-state index in [-0.39, 0.29) is 12.1 Å². The topological polar surface area (TPSA) is 135 Å². The molecule has 1 fully saturated rings. The quantitative estimate of drug-likeness (QED) is 0.146. The van der Waals surface area contributed by atoms with Gasteiger partial charge in [-0.25, -0.2) is 24.1 Å². The van der Waals surface area contributed by atoms with E-state index in [0.29, 0.717) is 18.8 Å². The average molecular weight is 485 g/mol. The van der Waals surface area contributed by atoms with E-state index in [1.807, 2.05) is 42.5 Å². The number of nitrogens with zero attached hydrogens (tertiary/aromatic N) is 2. The van der Waals surface area contributed by atoms with Crippen molar-refractivity contribution in [3.05, 3.63) is 71.3 Å². The summed E-state index contributed by atoms with van der Waals surface area (Å²) in [5, 5.41) is 8.85. The lowest BCUT2D eigenvalue weighted by molar-refractivity contribution is 0.0817. The van der Waals surface area contributed by atoms with Crippen molar-refractivity contribution in [1.82, 2.24) is 15.2 Å². The van der Waals surface area contributed by atoms with Crippen molar-refractivity contribution >= 4 is 21.4 Å². The molecular weight excluding hydrogens is 452 g/mol. The maximum Gasteiger partial charge on any atom is 0.208 e. The molecular formula is C24H32N6O3S. The Hall–Kier alpha value is -2.92. The number of sulfonamides is 1. The second-order valence-electron chi connectivity index (χ2n) is 8.72. The van der Waals surface area contributed by atoms with Crippen molar-refractivity contribution in [3.8, 4) is 5.75 Å². The minimum atomic E-state index is -3.21. The van der Waals surface area contributed by atoms with E-state index in [9.17, 15) is 8.42 Å². The number of hydrazine groups is 1. The highest BCUT2D eigenvalue weighted by Gasteiger charge is 2.36. The number of hydrogen-bond donors (Lipinski definition) is 4. The third-order valence-electron chi connectivity index (χ3n) is 6.00. The fraction of sp³-hybridized carbons (Fsp3) is 0.375. The molecule has 0 amide bonds. The minimum Gasteiger partial charge on any atom is -0.482 e. The molecule has 2 aliphatic rings. The number of hydrazone groups is 1. The molecule has 34 heavy (non-hydrogen) atoms. The van der Waals surface area contributed by atoms with Gasteiger partial charge >= 0.3 is 0 Å². The third kappa shape index (κ3) is 5.95. The van der Waals surface area contributed by atoms with Gasteiger partial charge in [0.25, 0.3) is 0 Å². The predicted octanol–water partition coefficient (Wildman–Crippen LogP) is 1.37. The first-order valence-corrected chi connectivity index (χ1v) is 13.3. The zero-order chi connectivity index (χ0) is 24.2. The van der Waals surface area contributed by atoms with Crippen molar-refractivity contribution in [3.63, 3.8) is 0 Å². The van der Waals surface area contributed by atoms with Crippen LogP contribution in [0.3, 0.4) is 0 Å². The predicted molar refractivity (Wildman–Crippen MR) is 135 cm³/mol. The highest BCUT2D eigenvalue weighted by molar-refractivity contribution is 7.88. The summed E-state index contributed by atoms with van der Waals surface area (Å²) in [6.45, 7) is 2.51. The smallest absolute Gasteiger partial charge is 0.208 e. The van der Waals surface area contributed by atoms with E-state index in [4.69, 9.17) is 16.3 Å². The molecule has 6 N–H and O–H groups in total. The largest absolute Gasteiger partial charge is 0.482 e. The molecule has 9 nitrogen and oxygen atoms in total. The molecule has 0 atom stereocenters. The molecule has 10 heteroatoms. The maximum absolute atomic E-state index is 11.1. The van der Waals surface area contributed by atoms with Crippen LogP contribution in [0.4, 0.5) is 0 Å². The van der Waals surface area contributed by atoms with E-state index >= 15 is 0 Å². The average Bonchev–Trinajstić information content (AvgIpc) is 2.81. The molecule has 0 bridgehead atoms. The van der Waals surface area contributed by atoms with Gasteiger partial charge in [0.1, 0.15) is 11.4 Å². The standard InChI is InChI=1S/C24H32N6O3S/c1-34(31,32)28-13-4-16-30(26)29-23(25)19-9-7-18(8-10-19)21-17-24(11-14-27-15-12-24)33-22-6-3-2-5-20(21)22/h2-3,5-10,17,27-28H,4,11-16,26H2,1H3,(H2,25,29). The lowest BCUT2D eigenvalue weighted by Crippen LogP contribution is -2.46. The number of benzene rings is 2. The number of hydrogen-bond acceptors (Lipinski definition) is 7. The summed E-state index contributed by atoms with van der Waals surface area (Å²) < 4.78 is 31.1. The molecule has 1 saturated heterocycles. The Morgan fingerprint density at radius 2 is 1.88 bits per heavy atom. The van der Waals surface area contributed by atoms with Crippen LogP contribution < -0.4 is 26.4 Å². The van der Waals surface area contributed by atoms with Gasteiger partial charge in [-0.1, -0.05) is 42.5 Å². The molecule has 2 aromatic rings. The summed E-state index contributed by atoms with van der Waals surface area (Å²) in [5.41, 5.74) is 9.95. The summed E-state index contributed by atoms with van der Waals surface area (Å²) in [7, 11) is -3.21. The number of para-hydroxylation sites is 1. The first-order chi connectivity index (χ1) is 16.2. The van der Waals surface area contributed by atoms with Crippen LogP contribution in [0.5, 0.6) is 5.75 Å². The zero-order valence-corrected chi connectivity index (χ0v) is 20.1. The van der Waals surface area contributed by atoms with Crippen molar-refractivity contribution < 1.29 is 13.2 Å². The number of piperidine rings is 1. The number of ether oxygens (including phenoxy) is 1. The second-order valence-corrected chi connectivity index (χ2v) is 10.5. The Morgan fingerprint density at radius 3 is 2.59 bits per heavy atom. The van der Waals surface area contributed by atoms with Crippen LogP contribution in [0.2, 0.25) is 0 Å². The van der Waals surface area contributed by atoms with E-state index in [2.05, 4.69) is 27.3 Å². The Morgan fingerprint density at radius 1 is 1.18 bits per heavy atom. The van der Waals surface area contributed by atoms with Crippen molar-refractivity contribution in [2.24, 2.45) is 16.7 Å². The zero-order valence-electron chi connectivity index (χ0n) is 19.3. The highest BCUT2D eigenvalue weighted by Crippen LogP contribution is 2.42. The first kappa shape index (κ1) is 24.2. The van der Waals surface area contributed by atoms with Crippen LogP contribution in [0.1, 0.15) is 36.0 Å². The molecule has 182 valence electrons. The monoisotopic (exact) mass is 484 g/mol. The minimum absolute atomic E-state index is 0.286. The van der Waals surface area contributed by atoms with Crippen LogP contribution in [-0.4, -0.2) is 57.4 Å². The number of rotatable bonds is 8. The van der Waals surface area contributed by atoms with Gasteiger partial charge in [0.2, 0.25) is 10.0 Å². The Kier molecular flexibility index (Phi) is 7.22. The van der Waals surface area contributed by atoms with E-state index in [0.717, 1.165) is 60.2 Å². The van der Waals surface area contributed by atoms with E-state index in [1.165, 1.54) is 5.12 Å². The number of fused-ring (bicyclic) bond motifs is 1. The molecule has 0 saturated carbocycles. The number of amidine groups is 1. The van der Waals surface area contributed by atoms with Crippen LogP contribution in [0.25, 0.3) is 5.57 Å². The molecule has 0 aromatic heterocycles. The van der Waals surface area contributed by atoms with Gasteiger partial charge < -0.3 is 15.8 Å². The molecule has 2 aliphatic heterocycles. The molecule has 0 aliphatic carbocycles. The summed E-state index contributed by atoms with van der Waals surface area (Å²) in [5.74, 6) is 7.11. The Balaban J connectivity index is 1.49. The van der Waals surface area contributed by atoms with Gasteiger partial charge in [-0.2, -0.15) is 0 Å². The van der Waals surface area contributed by atoms with Crippen LogP contribution in [0, 0.1) is 0 Å². The number of nitrogens with one attached hydrogen (secondary N) is 2. The van der Waals surface area contributed by atoms with Crippen molar-refractivity contribution in [2.45, 2.75) is 24.9 Å². The van der Waals surface area contributed by atoms with Gasteiger partial charge in [0.15, 0.2) is 5.84 Å². The van der Waals surface area contributed by atoms with Crippen molar-refractivity contribution in [2.75, 3.05) is 32.4 Å². The van der Waals surface area contributed by atoms with Crippen LogP contribution in [-0.2, 0) is 10.0 Å². The van der Waals surface area contributed by atoms with Gasteiger partial charge in [-0.15, -0.1) is 5.10 Å². The van der Waals surface area contributed by atoms with E-state index < -0.39 is 10.0 Å². The molecule has 2 heterocycles. The Labute approximate surface area is 200 Å². The summed E-state index contributed by atoms with van der Waals surface area (Å²) in [4.78, 5) is 0. The summed E-state index contributed by atoms with van der Waals surface area (Å²) in [6.07, 6.45) is 5.75. The van der Waals surface area contributed by atoms with E-state index in [1.54, 1.807) is 0 Å². The SMILES string of the molecule is CS(=O)(=O)NCCCN(N)/N=C(\N)c1ccc(C2=CC3(CCNCC3)Oc3ccccc32)cc1. The normalized spacial score (nSPS) is 17.6. The van der Waals surface area contributed by atoms with Crippen molar-refractivity contribution in [1.29, 1.82) is 0 Å². The molecule has 0 unspecified atom stereocenters. The molecule has 1 spiro atoms. The fourth-order valence-corrected chi connectivity index (χ4v) is 4.78. The van der Waals surface area contributed by atoms with Gasteiger partial charge in [-0.3, -0.25) is 0 Å². The lowest BCUT2D eigenvalue weighted by Gasteiger charge is -2.40. The van der Waals surface area contributed by atoms with Gasteiger partial charge in [0, 0.05) is 30.5 Å². The Bertz CT molecular complexity index is 1170. The second kappa shape index (κ2) is 10.1. The molecule has 4 rings (SSSR count). The summed E-state index contributed by atoms with van der Waals surface area (Å²) in [6, 6.07) is 16.1. The highest BCUT2D eigenvalue weighted by atomic mass is 32.2. The summed E-state index contributed by atoms with van der Waals surface area (Å²) >= 11 is 0. The molecule has 0 radical (unpaired) electrons. The van der Waals surface area contributed by atoms with Gasteiger partial charge in [0.05, 0.1) is 12.8 Å².